The molecule has 0 saturated carbocycles. The van der Waals surface area contributed by atoms with Gasteiger partial charge < -0.3 is 32.5 Å². The summed E-state index contributed by atoms with van der Waals surface area (Å²) in [5, 5.41) is 17.1. The Balaban J connectivity index is 5.57. The van der Waals surface area contributed by atoms with Crippen LogP contribution in [0, 0.1) is 11.8 Å². The van der Waals surface area contributed by atoms with Crippen LogP contribution in [0.25, 0.3) is 0 Å². The van der Waals surface area contributed by atoms with Crippen LogP contribution < -0.4 is 27.4 Å². The van der Waals surface area contributed by atoms with Crippen molar-refractivity contribution in [1.82, 2.24) is 16.0 Å². The molecular formula is C22H41N5O6S. The van der Waals surface area contributed by atoms with Crippen molar-refractivity contribution in [3.05, 3.63) is 0 Å². The summed E-state index contributed by atoms with van der Waals surface area (Å²) >= 11 is 1.45. The van der Waals surface area contributed by atoms with E-state index < -0.39 is 53.8 Å². The number of aliphatic carboxylic acids is 1. The van der Waals surface area contributed by atoms with Crippen LogP contribution in [0.3, 0.4) is 0 Å². The number of rotatable bonds is 17. The van der Waals surface area contributed by atoms with E-state index in [0.717, 1.165) is 0 Å². The molecule has 0 radical (unpaired) electrons. The van der Waals surface area contributed by atoms with Crippen LogP contribution in [0.5, 0.6) is 0 Å². The predicted octanol–water partition coefficient (Wildman–Crippen LogP) is -0.0365. The molecule has 5 unspecified atom stereocenters. The molecule has 8 N–H and O–H groups in total. The lowest BCUT2D eigenvalue weighted by molar-refractivity contribution is -0.142. The maximum absolute atomic E-state index is 13.0. The lowest BCUT2D eigenvalue weighted by Gasteiger charge is -2.28. The molecule has 0 spiro atoms. The van der Waals surface area contributed by atoms with E-state index in [-0.39, 0.29) is 31.1 Å². The van der Waals surface area contributed by atoms with Gasteiger partial charge in [-0.1, -0.05) is 34.1 Å². The van der Waals surface area contributed by atoms with Gasteiger partial charge in [-0.2, -0.15) is 11.8 Å². The van der Waals surface area contributed by atoms with Crippen molar-refractivity contribution in [2.45, 2.75) is 84.0 Å². The third kappa shape index (κ3) is 12.2. The topological polar surface area (TPSA) is 194 Å². The Morgan fingerprint density at radius 2 is 1.50 bits per heavy atom. The van der Waals surface area contributed by atoms with Crippen molar-refractivity contribution in [3.8, 4) is 0 Å². The molecule has 0 heterocycles. The van der Waals surface area contributed by atoms with Gasteiger partial charge in [-0.3, -0.25) is 19.2 Å². The second-order valence-corrected chi connectivity index (χ2v) is 9.84. The molecule has 4 amide bonds. The Morgan fingerprint density at radius 1 is 0.912 bits per heavy atom. The van der Waals surface area contributed by atoms with Gasteiger partial charge in [0.15, 0.2) is 0 Å². The first-order valence-electron chi connectivity index (χ1n) is 11.5. The molecule has 11 nitrogen and oxygen atoms in total. The number of thioether (sulfide) groups is 1. The first-order valence-corrected chi connectivity index (χ1v) is 12.9. The van der Waals surface area contributed by atoms with Crippen LogP contribution in [-0.2, 0) is 24.0 Å². The Labute approximate surface area is 205 Å². The fourth-order valence-corrected chi connectivity index (χ4v) is 3.63. The Bertz CT molecular complexity index is 705. The molecule has 196 valence electrons. The molecule has 0 aromatic carbocycles. The summed E-state index contributed by atoms with van der Waals surface area (Å²) in [5.41, 5.74) is 11.1. The Morgan fingerprint density at radius 3 is 1.97 bits per heavy atom. The van der Waals surface area contributed by atoms with Gasteiger partial charge in [0.05, 0.1) is 6.04 Å². The highest BCUT2D eigenvalue weighted by Crippen LogP contribution is 2.11. The van der Waals surface area contributed by atoms with E-state index in [2.05, 4.69) is 16.0 Å². The molecule has 0 saturated heterocycles. The van der Waals surface area contributed by atoms with Crippen molar-refractivity contribution in [3.63, 3.8) is 0 Å². The summed E-state index contributed by atoms with van der Waals surface area (Å²) in [4.78, 5) is 61.3. The standard InChI is InChI=1S/C22H41N5O6S/c1-6-13(4)18(21(31)26-16(22(32)33)9-10-34-5)27-20(30)15(7-8-17(24)28)25-19(29)14(23)11-12(2)3/h12-16,18H,6-11,23H2,1-5H3,(H2,24,28)(H,25,29)(H,26,31)(H,27,30)(H,32,33). The van der Waals surface area contributed by atoms with E-state index in [9.17, 15) is 29.1 Å². The summed E-state index contributed by atoms with van der Waals surface area (Å²) in [6.07, 6.45) is 2.76. The van der Waals surface area contributed by atoms with Gasteiger partial charge >= 0.3 is 5.97 Å². The number of carboxylic acid groups (broad SMARTS) is 1. The zero-order valence-electron chi connectivity index (χ0n) is 20.8. The van der Waals surface area contributed by atoms with Gasteiger partial charge in [-0.15, -0.1) is 0 Å². The van der Waals surface area contributed by atoms with Crippen molar-refractivity contribution in [2.24, 2.45) is 23.3 Å². The SMILES string of the molecule is CCC(C)C(NC(=O)C(CCC(N)=O)NC(=O)C(N)CC(C)C)C(=O)NC(CCSC)C(=O)O. The molecular weight excluding hydrogens is 462 g/mol. The highest BCUT2D eigenvalue weighted by molar-refractivity contribution is 7.98. The van der Waals surface area contributed by atoms with Crippen molar-refractivity contribution in [1.29, 1.82) is 0 Å². The lowest BCUT2D eigenvalue weighted by atomic mass is 9.97. The van der Waals surface area contributed by atoms with Crippen LogP contribution in [0.1, 0.15) is 59.8 Å². The average molecular weight is 504 g/mol. The van der Waals surface area contributed by atoms with E-state index in [1.165, 1.54) is 11.8 Å². The highest BCUT2D eigenvalue weighted by atomic mass is 32.2. The van der Waals surface area contributed by atoms with E-state index in [0.29, 0.717) is 18.6 Å². The number of hydrogen-bond acceptors (Lipinski definition) is 7. The summed E-state index contributed by atoms with van der Waals surface area (Å²) in [6.45, 7) is 7.39. The van der Waals surface area contributed by atoms with Crippen LogP contribution in [0.15, 0.2) is 0 Å². The minimum atomic E-state index is -1.16. The summed E-state index contributed by atoms with van der Waals surface area (Å²) < 4.78 is 0. The molecule has 0 aliphatic rings. The number of nitrogens with two attached hydrogens (primary N) is 2. The predicted molar refractivity (Wildman–Crippen MR) is 132 cm³/mol. The van der Waals surface area contributed by atoms with Gasteiger partial charge in [-0.25, -0.2) is 4.79 Å². The number of carbonyl (C=O) groups excluding carboxylic acids is 4. The number of amides is 4. The molecule has 12 heteroatoms. The van der Waals surface area contributed by atoms with Crippen LogP contribution >= 0.6 is 11.8 Å². The zero-order chi connectivity index (χ0) is 26.4. The molecule has 0 bridgehead atoms. The van der Waals surface area contributed by atoms with Crippen molar-refractivity contribution < 1.29 is 29.1 Å². The van der Waals surface area contributed by atoms with Gasteiger partial charge in [0, 0.05) is 6.42 Å². The number of carboxylic acids is 1. The normalized spacial score (nSPS) is 15.5. The largest absolute Gasteiger partial charge is 0.480 e. The number of hydrogen-bond donors (Lipinski definition) is 6. The van der Waals surface area contributed by atoms with Gasteiger partial charge in [0.25, 0.3) is 0 Å². The first kappa shape index (κ1) is 31.7. The second-order valence-electron chi connectivity index (χ2n) is 8.85. The fourth-order valence-electron chi connectivity index (χ4n) is 3.16. The molecule has 0 aliphatic heterocycles. The number of primary amides is 1. The van der Waals surface area contributed by atoms with Gasteiger partial charge in [0.2, 0.25) is 23.6 Å². The molecule has 5 atom stereocenters. The fraction of sp³-hybridized carbons (Fsp3) is 0.773. The van der Waals surface area contributed by atoms with Crippen molar-refractivity contribution >= 4 is 41.4 Å². The van der Waals surface area contributed by atoms with Crippen LogP contribution in [0.4, 0.5) is 0 Å². The minimum Gasteiger partial charge on any atom is -0.480 e. The summed E-state index contributed by atoms with van der Waals surface area (Å²) in [5.74, 6) is -3.30. The van der Waals surface area contributed by atoms with E-state index in [1.54, 1.807) is 6.92 Å². The zero-order valence-corrected chi connectivity index (χ0v) is 21.6. The molecule has 0 aromatic rings. The van der Waals surface area contributed by atoms with Crippen LogP contribution in [-0.4, -0.2) is 70.9 Å². The smallest absolute Gasteiger partial charge is 0.326 e. The molecule has 0 aliphatic carbocycles. The maximum atomic E-state index is 13.0. The monoisotopic (exact) mass is 503 g/mol. The van der Waals surface area contributed by atoms with Gasteiger partial charge in [0.1, 0.15) is 18.1 Å². The maximum Gasteiger partial charge on any atom is 0.326 e. The van der Waals surface area contributed by atoms with Crippen LogP contribution in [0.2, 0.25) is 0 Å². The highest BCUT2D eigenvalue weighted by Gasteiger charge is 2.32. The second kappa shape index (κ2) is 16.3. The van der Waals surface area contributed by atoms with Crippen molar-refractivity contribution in [2.75, 3.05) is 12.0 Å². The third-order valence-corrected chi connectivity index (χ3v) is 6.04. The lowest BCUT2D eigenvalue weighted by Crippen LogP contribution is -2.58. The Hall–Kier alpha value is -2.34. The molecule has 0 fully saturated rings. The third-order valence-electron chi connectivity index (χ3n) is 5.39. The van der Waals surface area contributed by atoms with E-state index in [1.807, 2.05) is 27.0 Å². The van der Waals surface area contributed by atoms with E-state index in [4.69, 9.17) is 11.5 Å². The van der Waals surface area contributed by atoms with E-state index >= 15 is 0 Å². The number of nitrogens with one attached hydrogen (secondary N) is 3. The average Bonchev–Trinajstić information content (AvgIpc) is 2.75. The minimum absolute atomic E-state index is 0.0678. The molecule has 0 rings (SSSR count). The summed E-state index contributed by atoms with van der Waals surface area (Å²) in [6, 6.07) is -4.11. The molecule has 34 heavy (non-hydrogen) atoms. The van der Waals surface area contributed by atoms with Gasteiger partial charge in [-0.05, 0) is 43.1 Å². The Kier molecular flexibility index (Phi) is 15.2. The quantitative estimate of drug-likeness (QED) is 0.159. The number of carbonyl (C=O) groups is 5. The summed E-state index contributed by atoms with van der Waals surface area (Å²) in [7, 11) is 0. The first-order chi connectivity index (χ1) is 15.8. The molecule has 0 aromatic heterocycles.